The molecule has 1 heterocycles. The molecule has 3 rings (SSSR count). The number of para-hydroxylation sites is 1. The molecule has 0 atom stereocenters. The molecule has 0 radical (unpaired) electrons. The Morgan fingerprint density at radius 1 is 1.19 bits per heavy atom. The van der Waals surface area contributed by atoms with Gasteiger partial charge >= 0.3 is 0 Å². The zero-order valence-corrected chi connectivity index (χ0v) is 16.6. The molecule has 0 N–H and O–H groups in total. The second kappa shape index (κ2) is 8.68. The van der Waals surface area contributed by atoms with Gasteiger partial charge in [-0.1, -0.05) is 24.3 Å². The molecule has 0 saturated heterocycles. The topological polar surface area (TPSA) is 53.4 Å². The lowest BCUT2D eigenvalue weighted by molar-refractivity contribution is 0.104. The number of hydrogen-bond acceptors (Lipinski definition) is 4. The van der Waals surface area contributed by atoms with Gasteiger partial charge in [-0.3, -0.25) is 9.48 Å². The number of halogens is 1. The van der Waals surface area contributed by atoms with Crippen LogP contribution in [0.15, 0.2) is 65.3 Å². The van der Waals surface area contributed by atoms with Gasteiger partial charge in [0.25, 0.3) is 0 Å². The van der Waals surface area contributed by atoms with Gasteiger partial charge in [-0.05, 0) is 57.9 Å². The quantitative estimate of drug-likeness (QED) is 0.406. The predicted molar refractivity (Wildman–Crippen MR) is 108 cm³/mol. The Bertz CT molecular complexity index is 979. The van der Waals surface area contributed by atoms with Crippen LogP contribution in [0.4, 0.5) is 0 Å². The molecule has 0 aliphatic heterocycles. The number of aromatic nitrogens is 2. The number of rotatable bonds is 7. The Labute approximate surface area is 166 Å². The van der Waals surface area contributed by atoms with Crippen LogP contribution in [0.1, 0.15) is 21.6 Å². The van der Waals surface area contributed by atoms with Crippen molar-refractivity contribution in [3.05, 3.63) is 82.1 Å². The Morgan fingerprint density at radius 3 is 2.70 bits per heavy atom. The van der Waals surface area contributed by atoms with Gasteiger partial charge in [-0.15, -0.1) is 0 Å². The summed E-state index contributed by atoms with van der Waals surface area (Å²) in [4.78, 5) is 12.2. The van der Waals surface area contributed by atoms with Crippen molar-refractivity contribution in [2.45, 2.75) is 6.61 Å². The van der Waals surface area contributed by atoms with E-state index in [1.54, 1.807) is 37.2 Å². The molecule has 1 aromatic heterocycles. The number of hydrogen-bond donors (Lipinski definition) is 0. The third kappa shape index (κ3) is 4.86. The molecule has 6 heteroatoms. The number of nitrogens with zero attached hydrogens (tertiary/aromatic N) is 2. The summed E-state index contributed by atoms with van der Waals surface area (Å²) < 4.78 is 13.8. The molecular formula is C21H19BrN2O3. The van der Waals surface area contributed by atoms with Crippen LogP contribution in [0.5, 0.6) is 11.5 Å². The van der Waals surface area contributed by atoms with Crippen molar-refractivity contribution in [1.29, 1.82) is 0 Å². The average Bonchev–Trinajstić information content (AvgIpc) is 3.12. The van der Waals surface area contributed by atoms with Crippen molar-refractivity contribution in [3.63, 3.8) is 0 Å². The van der Waals surface area contributed by atoms with Crippen LogP contribution in [-0.2, 0) is 13.7 Å². The molecule has 0 spiro atoms. The monoisotopic (exact) mass is 426 g/mol. The SMILES string of the molecule is COc1ccc(/C=C/C(=O)c2ccn(C)n2)cc1COc1ccccc1Br. The van der Waals surface area contributed by atoms with Crippen LogP contribution in [0.2, 0.25) is 0 Å². The van der Waals surface area contributed by atoms with E-state index < -0.39 is 0 Å². The van der Waals surface area contributed by atoms with Crippen molar-refractivity contribution in [2.75, 3.05) is 7.11 Å². The van der Waals surface area contributed by atoms with E-state index in [9.17, 15) is 4.79 Å². The first kappa shape index (κ1) is 18.9. The smallest absolute Gasteiger partial charge is 0.206 e. The largest absolute Gasteiger partial charge is 0.496 e. The maximum Gasteiger partial charge on any atom is 0.206 e. The van der Waals surface area contributed by atoms with Crippen LogP contribution in [-0.4, -0.2) is 22.7 Å². The van der Waals surface area contributed by atoms with E-state index in [0.29, 0.717) is 12.3 Å². The van der Waals surface area contributed by atoms with Crippen molar-refractivity contribution in [1.82, 2.24) is 9.78 Å². The number of carbonyl (C=O) groups excluding carboxylic acids is 1. The minimum absolute atomic E-state index is 0.141. The normalized spacial score (nSPS) is 10.9. The van der Waals surface area contributed by atoms with Gasteiger partial charge in [0.15, 0.2) is 0 Å². The first-order valence-electron chi connectivity index (χ1n) is 8.33. The molecule has 138 valence electrons. The molecule has 0 bridgehead atoms. The fraction of sp³-hybridized carbons (Fsp3) is 0.143. The number of ether oxygens (including phenoxy) is 2. The summed E-state index contributed by atoms with van der Waals surface area (Å²) in [6.07, 6.45) is 5.02. The van der Waals surface area contributed by atoms with E-state index in [4.69, 9.17) is 9.47 Å². The van der Waals surface area contributed by atoms with Gasteiger partial charge in [-0.2, -0.15) is 5.10 Å². The van der Waals surface area contributed by atoms with Crippen LogP contribution in [0.3, 0.4) is 0 Å². The second-order valence-corrected chi connectivity index (χ2v) is 6.72. The fourth-order valence-corrected chi connectivity index (χ4v) is 2.94. The van der Waals surface area contributed by atoms with Crippen molar-refractivity contribution in [2.24, 2.45) is 7.05 Å². The van der Waals surface area contributed by atoms with Crippen LogP contribution < -0.4 is 9.47 Å². The van der Waals surface area contributed by atoms with Gasteiger partial charge in [0, 0.05) is 18.8 Å². The first-order valence-corrected chi connectivity index (χ1v) is 9.12. The number of ketones is 1. The highest BCUT2D eigenvalue weighted by molar-refractivity contribution is 9.10. The van der Waals surface area contributed by atoms with Crippen molar-refractivity contribution >= 4 is 27.8 Å². The molecule has 0 amide bonds. The lowest BCUT2D eigenvalue weighted by atomic mass is 10.1. The summed E-state index contributed by atoms with van der Waals surface area (Å²) in [6, 6.07) is 15.1. The van der Waals surface area contributed by atoms with Gasteiger partial charge in [0.05, 0.1) is 11.6 Å². The highest BCUT2D eigenvalue weighted by Gasteiger charge is 2.08. The molecule has 3 aromatic rings. The Balaban J connectivity index is 1.75. The first-order chi connectivity index (χ1) is 13.1. The molecule has 0 saturated carbocycles. The van der Waals surface area contributed by atoms with E-state index in [1.165, 1.54) is 6.08 Å². The maximum atomic E-state index is 12.2. The molecular weight excluding hydrogens is 408 g/mol. The molecule has 27 heavy (non-hydrogen) atoms. The van der Waals surface area contributed by atoms with Gasteiger partial charge in [0.2, 0.25) is 5.78 Å². The zero-order chi connectivity index (χ0) is 19.2. The zero-order valence-electron chi connectivity index (χ0n) is 15.1. The molecule has 0 fully saturated rings. The van der Waals surface area contributed by atoms with Crippen molar-refractivity contribution < 1.29 is 14.3 Å². The molecule has 0 aliphatic carbocycles. The molecule has 2 aromatic carbocycles. The summed E-state index contributed by atoms with van der Waals surface area (Å²) in [5, 5.41) is 4.11. The number of carbonyl (C=O) groups is 1. The van der Waals surface area contributed by atoms with Crippen LogP contribution >= 0.6 is 15.9 Å². The van der Waals surface area contributed by atoms with Gasteiger partial charge in [-0.25, -0.2) is 0 Å². The highest BCUT2D eigenvalue weighted by Crippen LogP contribution is 2.27. The van der Waals surface area contributed by atoms with Crippen LogP contribution in [0, 0.1) is 0 Å². The number of aryl methyl sites for hydroxylation is 1. The lowest BCUT2D eigenvalue weighted by Gasteiger charge is -2.12. The van der Waals surface area contributed by atoms with E-state index >= 15 is 0 Å². The summed E-state index contributed by atoms with van der Waals surface area (Å²) in [6.45, 7) is 0.349. The van der Waals surface area contributed by atoms with Gasteiger partial charge in [0.1, 0.15) is 23.8 Å². The molecule has 0 unspecified atom stereocenters. The van der Waals surface area contributed by atoms with E-state index in [-0.39, 0.29) is 5.78 Å². The van der Waals surface area contributed by atoms with Crippen molar-refractivity contribution in [3.8, 4) is 11.5 Å². The third-order valence-corrected chi connectivity index (χ3v) is 4.57. The standard InChI is InChI=1S/C21H19BrN2O3/c1-24-12-11-18(23-24)19(25)9-7-15-8-10-20(26-2)16(13-15)14-27-21-6-4-3-5-17(21)22/h3-13H,14H2,1-2H3/b9-7+. The Hall–Kier alpha value is -2.86. The third-order valence-electron chi connectivity index (χ3n) is 3.92. The summed E-state index contributed by atoms with van der Waals surface area (Å²) in [7, 11) is 3.40. The number of benzene rings is 2. The predicted octanol–water partition coefficient (Wildman–Crippen LogP) is 4.67. The van der Waals surface area contributed by atoms with E-state index in [2.05, 4.69) is 21.0 Å². The number of methoxy groups -OCH3 is 1. The summed E-state index contributed by atoms with van der Waals surface area (Å²) >= 11 is 3.47. The molecule has 5 nitrogen and oxygen atoms in total. The minimum atomic E-state index is -0.141. The Morgan fingerprint density at radius 2 is 2.00 bits per heavy atom. The minimum Gasteiger partial charge on any atom is -0.496 e. The Kier molecular flexibility index (Phi) is 6.08. The van der Waals surface area contributed by atoms with E-state index in [0.717, 1.165) is 27.1 Å². The summed E-state index contributed by atoms with van der Waals surface area (Å²) in [5.74, 6) is 1.35. The maximum absolute atomic E-state index is 12.2. The van der Waals surface area contributed by atoms with Gasteiger partial charge < -0.3 is 9.47 Å². The fourth-order valence-electron chi connectivity index (χ4n) is 2.54. The summed E-state index contributed by atoms with van der Waals surface area (Å²) in [5.41, 5.74) is 2.19. The van der Waals surface area contributed by atoms with Crippen LogP contribution in [0.25, 0.3) is 6.08 Å². The molecule has 0 aliphatic rings. The van der Waals surface area contributed by atoms with E-state index in [1.807, 2.05) is 42.5 Å². The number of allylic oxidation sites excluding steroid dienone is 1. The lowest BCUT2D eigenvalue weighted by Crippen LogP contribution is -2.00. The highest BCUT2D eigenvalue weighted by atomic mass is 79.9. The second-order valence-electron chi connectivity index (χ2n) is 5.86. The average molecular weight is 427 g/mol.